The summed E-state index contributed by atoms with van der Waals surface area (Å²) in [5.41, 5.74) is 6.87. The van der Waals surface area contributed by atoms with Crippen LogP contribution < -0.4 is 5.11 Å². The average molecular weight is 615 g/mol. The van der Waals surface area contributed by atoms with Crippen molar-refractivity contribution < 1.29 is 43.0 Å². The molecule has 2 aromatic heterocycles. The molecule has 0 unspecified atom stereocenters. The number of hydrogen-bond acceptors (Lipinski definition) is 7. The number of aldehydes is 1. The number of carbonyl (C=O) groups excluding carboxylic acids is 1. The number of carbonyl (C=O) groups is 1. The summed E-state index contributed by atoms with van der Waals surface area (Å²) in [5.74, 6) is -0.215. The van der Waals surface area contributed by atoms with E-state index in [9.17, 15) is 9.90 Å². The van der Waals surface area contributed by atoms with Crippen LogP contribution in [0, 0.1) is 15.3 Å². The number of benzene rings is 4. The van der Waals surface area contributed by atoms with Crippen molar-refractivity contribution in [1.29, 1.82) is 0 Å². The SMILES string of the molecule is O.O.O=Cc1ccccc1[O-].O=[N+]([O-])[O-].[Cu+2].c1ccc(-c2ccnc3c2ccc2c(-c4ccccc4)ccnc23)cc1. The number of para-hydroxylation sites is 1. The van der Waals surface area contributed by atoms with Gasteiger partial charge in [0.15, 0.2) is 0 Å². The van der Waals surface area contributed by atoms with E-state index in [0.717, 1.165) is 21.8 Å². The van der Waals surface area contributed by atoms with E-state index in [2.05, 4.69) is 82.8 Å². The summed E-state index contributed by atoms with van der Waals surface area (Å²) in [7, 11) is 0. The molecule has 11 heteroatoms. The van der Waals surface area contributed by atoms with Crippen LogP contribution in [0.4, 0.5) is 0 Å². The van der Waals surface area contributed by atoms with Gasteiger partial charge in [-0.25, -0.2) is 0 Å². The predicted molar refractivity (Wildman–Crippen MR) is 157 cm³/mol. The molecule has 0 saturated carbocycles. The third kappa shape index (κ3) is 8.40. The van der Waals surface area contributed by atoms with Crippen molar-refractivity contribution >= 4 is 28.1 Å². The summed E-state index contributed by atoms with van der Waals surface area (Å²) in [4.78, 5) is 27.6. The first kappa shape index (κ1) is 34.8. The van der Waals surface area contributed by atoms with Gasteiger partial charge in [0, 0.05) is 28.7 Å². The van der Waals surface area contributed by atoms with Gasteiger partial charge in [-0.15, -0.1) is 0 Å². The van der Waals surface area contributed by atoms with Crippen LogP contribution in [-0.4, -0.2) is 32.3 Å². The van der Waals surface area contributed by atoms with E-state index in [-0.39, 0.29) is 39.3 Å². The van der Waals surface area contributed by atoms with Gasteiger partial charge in [0.05, 0.1) is 16.1 Å². The summed E-state index contributed by atoms with van der Waals surface area (Å²) >= 11 is 0. The molecule has 0 amide bonds. The van der Waals surface area contributed by atoms with Gasteiger partial charge in [-0.1, -0.05) is 103 Å². The minimum absolute atomic E-state index is 0. The second kappa shape index (κ2) is 16.8. The van der Waals surface area contributed by atoms with Crippen LogP contribution in [0.1, 0.15) is 10.4 Å². The Balaban J connectivity index is 0.000000468. The van der Waals surface area contributed by atoms with E-state index in [4.69, 9.17) is 15.3 Å². The maximum atomic E-state index is 10.6. The van der Waals surface area contributed by atoms with Crippen molar-refractivity contribution in [2.75, 3.05) is 0 Å². The quantitative estimate of drug-likeness (QED) is 0.0896. The molecule has 4 N–H and O–H groups in total. The first-order valence-electron chi connectivity index (χ1n) is 11.8. The van der Waals surface area contributed by atoms with Crippen LogP contribution in [0.5, 0.6) is 5.75 Å². The third-order valence-corrected chi connectivity index (χ3v) is 5.84. The van der Waals surface area contributed by atoms with Gasteiger partial charge in [0.1, 0.15) is 6.29 Å². The molecule has 0 saturated heterocycles. The van der Waals surface area contributed by atoms with Crippen molar-refractivity contribution in [3.63, 3.8) is 0 Å². The van der Waals surface area contributed by atoms with E-state index in [1.807, 2.05) is 24.5 Å². The van der Waals surface area contributed by atoms with Gasteiger partial charge >= 0.3 is 17.1 Å². The van der Waals surface area contributed by atoms with Gasteiger partial charge in [-0.05, 0) is 34.4 Å². The Morgan fingerprint density at radius 1 is 0.595 bits per heavy atom. The van der Waals surface area contributed by atoms with E-state index in [1.165, 1.54) is 34.4 Å². The van der Waals surface area contributed by atoms with E-state index < -0.39 is 5.09 Å². The van der Waals surface area contributed by atoms with Crippen LogP contribution in [0.15, 0.2) is 122 Å². The molecule has 10 nitrogen and oxygen atoms in total. The molecule has 0 spiro atoms. The van der Waals surface area contributed by atoms with Crippen molar-refractivity contribution in [3.05, 3.63) is 142 Å². The summed E-state index contributed by atoms with van der Waals surface area (Å²) in [6.45, 7) is 0. The van der Waals surface area contributed by atoms with Crippen LogP contribution >= 0.6 is 0 Å². The van der Waals surface area contributed by atoms with Gasteiger partial charge in [0.2, 0.25) is 0 Å². The van der Waals surface area contributed by atoms with E-state index >= 15 is 0 Å². The molecule has 0 aliphatic carbocycles. The van der Waals surface area contributed by atoms with Gasteiger partial charge in [-0.2, -0.15) is 0 Å². The standard InChI is InChI=1S/C24H16N2.C7H6O2.Cu.NO3.2H2O/c1-3-7-17(8-4-1)19-13-15-25-23-21(19)11-12-22-20(14-16-26-24(22)23)18-9-5-2-6-10-18;8-5-6-3-1-2-4-7(6)9;;2-1(3)4;;/h1-16H;1-5,9H;;;2*1H2/q;;+2;-1;;/p-1. The Bertz CT molecular complexity index is 1640. The van der Waals surface area contributed by atoms with Crippen LogP contribution in [0.3, 0.4) is 0 Å². The van der Waals surface area contributed by atoms with Crippen LogP contribution in [0.2, 0.25) is 0 Å². The molecule has 0 fully saturated rings. The number of rotatable bonds is 3. The third-order valence-electron chi connectivity index (χ3n) is 5.84. The van der Waals surface area contributed by atoms with Gasteiger partial charge in [0.25, 0.3) is 0 Å². The zero-order chi connectivity index (χ0) is 27.6. The number of fused-ring (bicyclic) bond motifs is 3. The fourth-order valence-corrected chi connectivity index (χ4v) is 4.14. The average Bonchev–Trinajstić information content (AvgIpc) is 2.97. The Kier molecular flexibility index (Phi) is 13.9. The predicted octanol–water partition coefficient (Wildman–Crippen LogP) is 4.80. The molecular weight excluding hydrogens is 590 g/mol. The van der Waals surface area contributed by atoms with Crippen molar-refractivity contribution in [2.24, 2.45) is 0 Å². The fourth-order valence-electron chi connectivity index (χ4n) is 4.14. The molecule has 0 atom stereocenters. The van der Waals surface area contributed by atoms with Crippen molar-refractivity contribution in [3.8, 4) is 28.0 Å². The summed E-state index contributed by atoms with van der Waals surface area (Å²) in [6.07, 6.45) is 4.31. The second-order valence-corrected chi connectivity index (χ2v) is 8.19. The fraction of sp³-hybridized carbons (Fsp3) is 0. The molecule has 0 aliphatic heterocycles. The van der Waals surface area contributed by atoms with Gasteiger partial charge < -0.3 is 31.4 Å². The molecule has 2 heterocycles. The zero-order valence-electron chi connectivity index (χ0n) is 21.8. The van der Waals surface area contributed by atoms with Crippen molar-refractivity contribution in [2.45, 2.75) is 0 Å². The molecule has 42 heavy (non-hydrogen) atoms. The van der Waals surface area contributed by atoms with Gasteiger partial charge in [-0.3, -0.25) is 14.8 Å². The topological polar surface area (TPSA) is 195 Å². The second-order valence-electron chi connectivity index (χ2n) is 8.19. The first-order chi connectivity index (χ1) is 19.0. The molecule has 4 aromatic carbocycles. The molecule has 6 rings (SSSR count). The minimum atomic E-state index is -1.75. The summed E-state index contributed by atoms with van der Waals surface area (Å²) in [6, 6.07) is 35.5. The zero-order valence-corrected chi connectivity index (χ0v) is 22.8. The number of hydrogen-bond donors (Lipinski definition) is 0. The maximum absolute atomic E-state index is 10.6. The van der Waals surface area contributed by atoms with Crippen LogP contribution in [0.25, 0.3) is 44.1 Å². The molecule has 0 aliphatic rings. The Labute approximate surface area is 251 Å². The Morgan fingerprint density at radius 3 is 1.33 bits per heavy atom. The van der Waals surface area contributed by atoms with E-state index in [1.54, 1.807) is 12.1 Å². The first-order valence-corrected chi connectivity index (χ1v) is 11.8. The monoisotopic (exact) mass is 614 g/mol. The number of aromatic nitrogens is 2. The maximum Gasteiger partial charge on any atom is 2.00 e. The molecular formula is C31H25CuN3O7. The summed E-state index contributed by atoms with van der Waals surface area (Å²) < 4.78 is 0. The largest absolute Gasteiger partial charge is 2.00 e. The van der Waals surface area contributed by atoms with E-state index in [0.29, 0.717) is 6.29 Å². The summed E-state index contributed by atoms with van der Waals surface area (Å²) in [5, 5.41) is 27.6. The minimum Gasteiger partial charge on any atom is -0.872 e. The molecule has 6 aromatic rings. The molecule has 0 bridgehead atoms. The van der Waals surface area contributed by atoms with Crippen LogP contribution in [-0.2, 0) is 17.1 Å². The smallest absolute Gasteiger partial charge is 0.872 e. The Hall–Kier alpha value is -5.19. The number of nitrogens with zero attached hydrogens (tertiary/aromatic N) is 3. The molecule has 1 radical (unpaired) electrons. The Morgan fingerprint density at radius 2 is 0.976 bits per heavy atom. The normalized spacial score (nSPS) is 9.33. The number of pyridine rings is 2. The van der Waals surface area contributed by atoms with Crippen molar-refractivity contribution in [1.82, 2.24) is 9.97 Å². The molecule has 217 valence electrons.